The topological polar surface area (TPSA) is 57.0 Å². The van der Waals surface area contributed by atoms with Crippen molar-refractivity contribution in [3.8, 4) is 11.5 Å². The van der Waals surface area contributed by atoms with E-state index in [4.69, 9.17) is 20.1 Å². The van der Waals surface area contributed by atoms with E-state index in [-0.39, 0.29) is 6.10 Å². The molecule has 1 saturated heterocycles. The van der Waals surface area contributed by atoms with Crippen molar-refractivity contribution in [2.75, 3.05) is 33.9 Å². The molecule has 94 valence electrons. The van der Waals surface area contributed by atoms with Crippen molar-refractivity contribution < 1.29 is 14.2 Å². The minimum Gasteiger partial charge on any atom is -0.497 e. The standard InChI is InChI=1S/C12H18N2O3/c1-15-9-3-4-11(16-2)10(7-9)12-8-14(13)5-6-17-12/h3-4,7,12H,5-6,8,13H2,1-2H3. The summed E-state index contributed by atoms with van der Waals surface area (Å²) >= 11 is 0. The minimum atomic E-state index is -0.0706. The largest absolute Gasteiger partial charge is 0.497 e. The smallest absolute Gasteiger partial charge is 0.124 e. The van der Waals surface area contributed by atoms with Gasteiger partial charge in [0.2, 0.25) is 0 Å². The summed E-state index contributed by atoms with van der Waals surface area (Å²) in [6.45, 7) is 2.04. The Labute approximate surface area is 101 Å². The Hall–Kier alpha value is -1.30. The van der Waals surface area contributed by atoms with Gasteiger partial charge in [0.25, 0.3) is 0 Å². The fraction of sp³-hybridized carbons (Fsp3) is 0.500. The summed E-state index contributed by atoms with van der Waals surface area (Å²) in [5, 5.41) is 1.76. The number of hydrogen-bond acceptors (Lipinski definition) is 5. The maximum Gasteiger partial charge on any atom is 0.124 e. The molecule has 0 aromatic heterocycles. The van der Waals surface area contributed by atoms with Crippen molar-refractivity contribution in [3.05, 3.63) is 23.8 Å². The summed E-state index contributed by atoms with van der Waals surface area (Å²) in [7, 11) is 3.29. The van der Waals surface area contributed by atoms with Crippen molar-refractivity contribution in [2.24, 2.45) is 5.84 Å². The zero-order valence-electron chi connectivity index (χ0n) is 10.2. The normalized spacial score (nSPS) is 21.2. The minimum absolute atomic E-state index is 0.0706. The van der Waals surface area contributed by atoms with Crippen molar-refractivity contribution in [1.29, 1.82) is 0 Å². The number of methoxy groups -OCH3 is 2. The third-order valence-corrected chi connectivity index (χ3v) is 2.88. The molecule has 1 unspecified atom stereocenters. The van der Waals surface area contributed by atoms with Crippen LogP contribution in [0.2, 0.25) is 0 Å². The van der Waals surface area contributed by atoms with Crippen LogP contribution in [0.4, 0.5) is 0 Å². The molecule has 1 aromatic carbocycles. The summed E-state index contributed by atoms with van der Waals surface area (Å²) < 4.78 is 16.3. The van der Waals surface area contributed by atoms with Gasteiger partial charge in [0.05, 0.1) is 20.8 Å². The lowest BCUT2D eigenvalue weighted by molar-refractivity contribution is -0.0314. The zero-order valence-corrected chi connectivity index (χ0v) is 10.2. The van der Waals surface area contributed by atoms with E-state index in [2.05, 4.69) is 0 Å². The Balaban J connectivity index is 2.27. The van der Waals surface area contributed by atoms with Crippen LogP contribution in [0.25, 0.3) is 0 Å². The van der Waals surface area contributed by atoms with Gasteiger partial charge in [-0.25, -0.2) is 5.01 Å². The second-order valence-corrected chi connectivity index (χ2v) is 3.96. The van der Waals surface area contributed by atoms with Crippen LogP contribution >= 0.6 is 0 Å². The molecule has 1 atom stereocenters. The quantitative estimate of drug-likeness (QED) is 0.795. The highest BCUT2D eigenvalue weighted by Gasteiger charge is 2.23. The first kappa shape index (κ1) is 12.2. The van der Waals surface area contributed by atoms with Gasteiger partial charge in [-0.05, 0) is 18.2 Å². The van der Waals surface area contributed by atoms with Gasteiger partial charge < -0.3 is 14.2 Å². The molecular formula is C12H18N2O3. The van der Waals surface area contributed by atoms with Crippen LogP contribution in [0.5, 0.6) is 11.5 Å². The molecule has 0 radical (unpaired) electrons. The highest BCUT2D eigenvalue weighted by molar-refractivity contribution is 5.42. The van der Waals surface area contributed by atoms with E-state index in [9.17, 15) is 0 Å². The summed E-state index contributed by atoms with van der Waals surface area (Å²) in [4.78, 5) is 0. The molecule has 2 N–H and O–H groups in total. The number of hydrazine groups is 1. The maximum atomic E-state index is 5.81. The first-order valence-corrected chi connectivity index (χ1v) is 5.57. The number of nitrogens with zero attached hydrogens (tertiary/aromatic N) is 1. The predicted molar refractivity (Wildman–Crippen MR) is 64.0 cm³/mol. The Kier molecular flexibility index (Phi) is 3.83. The summed E-state index contributed by atoms with van der Waals surface area (Å²) in [6.07, 6.45) is -0.0706. The number of hydrogen-bond donors (Lipinski definition) is 1. The van der Waals surface area contributed by atoms with Gasteiger partial charge in [0.15, 0.2) is 0 Å². The third-order valence-electron chi connectivity index (χ3n) is 2.88. The molecule has 5 nitrogen and oxygen atoms in total. The van der Waals surface area contributed by atoms with Gasteiger partial charge in [0.1, 0.15) is 17.6 Å². The fourth-order valence-electron chi connectivity index (χ4n) is 1.95. The van der Waals surface area contributed by atoms with Crippen LogP contribution in [0.1, 0.15) is 11.7 Å². The van der Waals surface area contributed by atoms with E-state index in [0.29, 0.717) is 13.2 Å². The first-order valence-electron chi connectivity index (χ1n) is 5.57. The first-order chi connectivity index (χ1) is 8.24. The van der Waals surface area contributed by atoms with Crippen molar-refractivity contribution in [2.45, 2.75) is 6.10 Å². The van der Waals surface area contributed by atoms with E-state index in [0.717, 1.165) is 23.6 Å². The number of nitrogens with two attached hydrogens (primary N) is 1. The molecule has 1 aliphatic rings. The molecule has 5 heteroatoms. The zero-order chi connectivity index (χ0) is 12.3. The Morgan fingerprint density at radius 1 is 1.35 bits per heavy atom. The third kappa shape index (κ3) is 2.69. The Morgan fingerprint density at radius 2 is 2.18 bits per heavy atom. The van der Waals surface area contributed by atoms with E-state index in [1.807, 2.05) is 18.2 Å². The lowest BCUT2D eigenvalue weighted by Gasteiger charge is -2.30. The van der Waals surface area contributed by atoms with Crippen LogP contribution in [-0.4, -0.2) is 38.9 Å². The maximum absolute atomic E-state index is 5.81. The highest BCUT2D eigenvalue weighted by Crippen LogP contribution is 2.32. The van der Waals surface area contributed by atoms with Gasteiger partial charge in [-0.15, -0.1) is 0 Å². The molecule has 17 heavy (non-hydrogen) atoms. The summed E-state index contributed by atoms with van der Waals surface area (Å²) in [6, 6.07) is 5.68. The van der Waals surface area contributed by atoms with Gasteiger partial charge in [0, 0.05) is 18.7 Å². The molecule has 2 rings (SSSR count). The molecule has 1 fully saturated rings. The summed E-state index contributed by atoms with van der Waals surface area (Å²) in [5.41, 5.74) is 0.974. The van der Waals surface area contributed by atoms with E-state index >= 15 is 0 Å². The van der Waals surface area contributed by atoms with E-state index in [1.54, 1.807) is 19.2 Å². The van der Waals surface area contributed by atoms with Crippen LogP contribution < -0.4 is 15.3 Å². The van der Waals surface area contributed by atoms with Crippen molar-refractivity contribution in [1.82, 2.24) is 5.01 Å². The number of ether oxygens (including phenoxy) is 3. The van der Waals surface area contributed by atoms with Crippen molar-refractivity contribution in [3.63, 3.8) is 0 Å². The lowest BCUT2D eigenvalue weighted by Crippen LogP contribution is -2.42. The van der Waals surface area contributed by atoms with Gasteiger partial charge in [-0.3, -0.25) is 5.84 Å². The van der Waals surface area contributed by atoms with Crippen LogP contribution in [-0.2, 0) is 4.74 Å². The predicted octanol–water partition coefficient (Wildman–Crippen LogP) is 0.951. The molecule has 0 bridgehead atoms. The average molecular weight is 238 g/mol. The monoisotopic (exact) mass is 238 g/mol. The molecule has 0 aliphatic carbocycles. The fourth-order valence-corrected chi connectivity index (χ4v) is 1.95. The molecule has 0 saturated carbocycles. The van der Waals surface area contributed by atoms with Crippen LogP contribution in [0.3, 0.4) is 0 Å². The lowest BCUT2D eigenvalue weighted by atomic mass is 10.1. The summed E-state index contributed by atoms with van der Waals surface area (Å²) in [5.74, 6) is 7.39. The van der Waals surface area contributed by atoms with Crippen molar-refractivity contribution >= 4 is 0 Å². The second kappa shape index (κ2) is 5.35. The average Bonchev–Trinajstić information content (AvgIpc) is 2.38. The number of morpholine rings is 1. The van der Waals surface area contributed by atoms with Gasteiger partial charge >= 0.3 is 0 Å². The highest BCUT2D eigenvalue weighted by atomic mass is 16.5. The van der Waals surface area contributed by atoms with Crippen LogP contribution in [0, 0.1) is 0 Å². The molecule has 1 heterocycles. The molecule has 0 amide bonds. The van der Waals surface area contributed by atoms with E-state index < -0.39 is 0 Å². The second-order valence-electron chi connectivity index (χ2n) is 3.96. The number of benzene rings is 1. The Bertz CT molecular complexity index is 384. The molecule has 0 spiro atoms. The molecule has 1 aromatic rings. The van der Waals surface area contributed by atoms with Gasteiger partial charge in [-0.2, -0.15) is 0 Å². The molecule has 1 aliphatic heterocycles. The number of rotatable bonds is 3. The van der Waals surface area contributed by atoms with Gasteiger partial charge in [-0.1, -0.05) is 0 Å². The Morgan fingerprint density at radius 3 is 2.82 bits per heavy atom. The molecular weight excluding hydrogens is 220 g/mol. The van der Waals surface area contributed by atoms with E-state index in [1.165, 1.54) is 0 Å². The van der Waals surface area contributed by atoms with Crippen LogP contribution in [0.15, 0.2) is 18.2 Å². The SMILES string of the molecule is COc1ccc(OC)c(C2CN(N)CCO2)c1.